The minimum absolute atomic E-state index is 0.0144. The fraction of sp³-hybridized carbons (Fsp3) is 0.233. The van der Waals surface area contributed by atoms with Gasteiger partial charge in [-0.1, -0.05) is 60.7 Å². The normalized spacial score (nSPS) is 14.1. The molecule has 3 aromatic carbocycles. The zero-order valence-electron chi connectivity index (χ0n) is 20.8. The molecule has 4 aromatic rings. The summed E-state index contributed by atoms with van der Waals surface area (Å²) in [4.78, 5) is 43.1. The fourth-order valence-electron chi connectivity index (χ4n) is 4.91. The van der Waals surface area contributed by atoms with Crippen molar-refractivity contribution in [1.29, 1.82) is 0 Å². The van der Waals surface area contributed by atoms with Crippen LogP contribution in [0.2, 0.25) is 0 Å². The molecule has 0 bridgehead atoms. The number of para-hydroxylation sites is 2. The first kappa shape index (κ1) is 24.5. The van der Waals surface area contributed by atoms with Gasteiger partial charge in [-0.2, -0.15) is 0 Å². The summed E-state index contributed by atoms with van der Waals surface area (Å²) >= 11 is 0. The monoisotopic (exact) mass is 494 g/mol. The van der Waals surface area contributed by atoms with Crippen LogP contribution in [0.3, 0.4) is 0 Å². The molecular formula is C30H30N4O3. The van der Waals surface area contributed by atoms with Crippen molar-refractivity contribution in [3.05, 3.63) is 129 Å². The summed E-state index contributed by atoms with van der Waals surface area (Å²) in [5, 5.41) is 0. The zero-order valence-corrected chi connectivity index (χ0v) is 20.8. The third-order valence-electron chi connectivity index (χ3n) is 6.90. The molecule has 1 fully saturated rings. The first-order valence-corrected chi connectivity index (χ1v) is 12.5. The van der Waals surface area contributed by atoms with Crippen LogP contribution in [0.4, 0.5) is 0 Å². The molecule has 0 aliphatic carbocycles. The molecule has 1 aromatic heterocycles. The van der Waals surface area contributed by atoms with Gasteiger partial charge in [-0.25, -0.2) is 0 Å². The van der Waals surface area contributed by atoms with E-state index in [9.17, 15) is 14.4 Å². The Hall–Kier alpha value is -4.23. The van der Waals surface area contributed by atoms with Gasteiger partial charge >= 0.3 is 11.1 Å². The predicted octanol–water partition coefficient (Wildman–Crippen LogP) is 3.36. The Morgan fingerprint density at radius 3 is 1.92 bits per heavy atom. The molecule has 1 amide bonds. The maximum Gasteiger partial charge on any atom is 0.317 e. The van der Waals surface area contributed by atoms with E-state index in [0.29, 0.717) is 29.7 Å². The van der Waals surface area contributed by atoms with Gasteiger partial charge in [0.25, 0.3) is 5.91 Å². The third kappa shape index (κ3) is 5.17. The van der Waals surface area contributed by atoms with Gasteiger partial charge in [-0.15, -0.1) is 6.58 Å². The van der Waals surface area contributed by atoms with Crippen LogP contribution in [0.1, 0.15) is 21.5 Å². The molecule has 5 rings (SSSR count). The Morgan fingerprint density at radius 1 is 0.703 bits per heavy atom. The Labute approximate surface area is 215 Å². The van der Waals surface area contributed by atoms with E-state index in [1.54, 1.807) is 18.2 Å². The summed E-state index contributed by atoms with van der Waals surface area (Å²) in [5.74, 6) is 0.0144. The summed E-state index contributed by atoms with van der Waals surface area (Å²) in [6, 6.07) is 25.1. The van der Waals surface area contributed by atoms with Gasteiger partial charge in [0.1, 0.15) is 0 Å². The average Bonchev–Trinajstić information content (AvgIpc) is 2.94. The van der Waals surface area contributed by atoms with Gasteiger partial charge in [-0.3, -0.25) is 28.4 Å². The molecule has 188 valence electrons. The first-order chi connectivity index (χ1) is 18.0. The Kier molecular flexibility index (Phi) is 7.14. The predicted molar refractivity (Wildman–Crippen MR) is 146 cm³/mol. The van der Waals surface area contributed by atoms with Crippen LogP contribution >= 0.6 is 0 Å². The number of hydrogen-bond donors (Lipinski definition) is 0. The van der Waals surface area contributed by atoms with Gasteiger partial charge in [0.2, 0.25) is 0 Å². The minimum Gasteiger partial charge on any atom is -0.336 e. The molecular weight excluding hydrogens is 464 g/mol. The first-order valence-electron chi connectivity index (χ1n) is 12.5. The van der Waals surface area contributed by atoms with Crippen LogP contribution in [0, 0.1) is 0 Å². The van der Waals surface area contributed by atoms with E-state index in [1.807, 2.05) is 59.5 Å². The summed E-state index contributed by atoms with van der Waals surface area (Å²) < 4.78 is 2.95. The lowest BCUT2D eigenvalue weighted by molar-refractivity contribution is 0.0628. The molecule has 0 spiro atoms. The Balaban J connectivity index is 1.28. The number of benzene rings is 3. The second-order valence-electron chi connectivity index (χ2n) is 9.34. The van der Waals surface area contributed by atoms with Gasteiger partial charge in [0.15, 0.2) is 0 Å². The highest BCUT2D eigenvalue weighted by Crippen LogP contribution is 2.15. The van der Waals surface area contributed by atoms with Crippen molar-refractivity contribution in [3.63, 3.8) is 0 Å². The Bertz CT molecular complexity index is 1530. The molecule has 7 nitrogen and oxygen atoms in total. The van der Waals surface area contributed by atoms with Crippen LogP contribution in [0.25, 0.3) is 11.0 Å². The lowest BCUT2D eigenvalue weighted by atomic mass is 10.1. The number of fused-ring (bicyclic) bond motifs is 1. The molecule has 1 saturated heterocycles. The van der Waals surface area contributed by atoms with E-state index in [-0.39, 0.29) is 19.0 Å². The molecule has 1 aliphatic heterocycles. The van der Waals surface area contributed by atoms with Crippen molar-refractivity contribution in [2.24, 2.45) is 0 Å². The van der Waals surface area contributed by atoms with Crippen LogP contribution in [0.5, 0.6) is 0 Å². The average molecular weight is 495 g/mol. The van der Waals surface area contributed by atoms with Crippen molar-refractivity contribution in [2.75, 3.05) is 26.2 Å². The standard InChI is InChI=1S/C30H30N4O3/c1-2-16-33-26-10-6-7-11-27(26)34(30(37)29(33)36)22-24-12-14-25(15-13-24)28(35)32-19-17-31(18-20-32)21-23-8-4-3-5-9-23/h2-15H,1,16-22H2. The van der Waals surface area contributed by atoms with Gasteiger partial charge in [0, 0.05) is 44.8 Å². The van der Waals surface area contributed by atoms with Crippen LogP contribution in [-0.4, -0.2) is 51.0 Å². The quantitative estimate of drug-likeness (QED) is 0.292. The number of carbonyl (C=O) groups excluding carboxylic acids is 1. The van der Waals surface area contributed by atoms with E-state index >= 15 is 0 Å². The van der Waals surface area contributed by atoms with Crippen molar-refractivity contribution in [2.45, 2.75) is 19.6 Å². The highest BCUT2D eigenvalue weighted by atomic mass is 16.2. The van der Waals surface area contributed by atoms with Gasteiger partial charge < -0.3 is 4.90 Å². The van der Waals surface area contributed by atoms with Crippen molar-refractivity contribution < 1.29 is 4.79 Å². The highest BCUT2D eigenvalue weighted by Gasteiger charge is 2.22. The molecule has 1 aliphatic rings. The van der Waals surface area contributed by atoms with Crippen LogP contribution in [0.15, 0.2) is 101 Å². The number of aromatic nitrogens is 2. The smallest absolute Gasteiger partial charge is 0.317 e. The zero-order chi connectivity index (χ0) is 25.8. The molecule has 37 heavy (non-hydrogen) atoms. The van der Waals surface area contributed by atoms with Gasteiger partial charge in [0.05, 0.1) is 17.6 Å². The lowest BCUT2D eigenvalue weighted by Crippen LogP contribution is -2.48. The number of amides is 1. The lowest BCUT2D eigenvalue weighted by Gasteiger charge is -2.34. The SMILES string of the molecule is C=CCn1c(=O)c(=O)n(Cc2ccc(C(=O)N3CCN(Cc4ccccc4)CC3)cc2)c2ccccc21. The van der Waals surface area contributed by atoms with Gasteiger partial charge in [-0.05, 0) is 35.4 Å². The second kappa shape index (κ2) is 10.8. The largest absolute Gasteiger partial charge is 0.336 e. The summed E-state index contributed by atoms with van der Waals surface area (Å²) in [7, 11) is 0. The maximum absolute atomic E-state index is 13.1. The second-order valence-corrected chi connectivity index (χ2v) is 9.34. The van der Waals surface area contributed by atoms with Crippen LogP contribution < -0.4 is 11.1 Å². The number of nitrogens with zero attached hydrogens (tertiary/aromatic N) is 4. The molecule has 0 atom stereocenters. The third-order valence-corrected chi connectivity index (χ3v) is 6.90. The van der Waals surface area contributed by atoms with Crippen molar-refractivity contribution in [1.82, 2.24) is 18.9 Å². The number of hydrogen-bond acceptors (Lipinski definition) is 4. The molecule has 7 heteroatoms. The molecule has 0 unspecified atom stereocenters. The van der Waals surface area contributed by atoms with E-state index in [4.69, 9.17) is 0 Å². The topological polar surface area (TPSA) is 67.5 Å². The van der Waals surface area contributed by atoms with E-state index in [2.05, 4.69) is 23.6 Å². The van der Waals surface area contributed by atoms with Crippen LogP contribution in [-0.2, 0) is 19.6 Å². The Morgan fingerprint density at radius 2 is 1.27 bits per heavy atom. The molecule has 0 saturated carbocycles. The summed E-state index contributed by atoms with van der Waals surface area (Å²) in [6.07, 6.45) is 1.61. The minimum atomic E-state index is -0.575. The van der Waals surface area contributed by atoms with E-state index in [1.165, 1.54) is 14.7 Å². The van der Waals surface area contributed by atoms with Crippen molar-refractivity contribution >= 4 is 16.9 Å². The summed E-state index contributed by atoms with van der Waals surface area (Å²) in [5.41, 5.74) is 2.97. The molecule has 0 radical (unpaired) electrons. The van der Waals surface area contributed by atoms with Crippen molar-refractivity contribution in [3.8, 4) is 0 Å². The molecule has 0 N–H and O–H groups in total. The van der Waals surface area contributed by atoms with E-state index < -0.39 is 11.1 Å². The highest BCUT2D eigenvalue weighted by molar-refractivity contribution is 5.94. The molecule has 2 heterocycles. The van der Waals surface area contributed by atoms with E-state index in [0.717, 1.165) is 25.2 Å². The number of piperazine rings is 1. The number of rotatable bonds is 7. The number of allylic oxidation sites excluding steroid dienone is 1. The fourth-order valence-corrected chi connectivity index (χ4v) is 4.91. The maximum atomic E-state index is 13.1. The number of carbonyl (C=O) groups is 1. The summed E-state index contributed by atoms with van der Waals surface area (Å²) in [6.45, 7) is 8.17.